The number of benzene rings is 1. The van der Waals surface area contributed by atoms with Crippen LogP contribution in [0.3, 0.4) is 0 Å². The normalized spacial score (nSPS) is 19.1. The fourth-order valence-electron chi connectivity index (χ4n) is 3.32. The molecule has 1 aliphatic heterocycles. The summed E-state index contributed by atoms with van der Waals surface area (Å²) >= 11 is 0. The van der Waals surface area contributed by atoms with Crippen molar-refractivity contribution < 1.29 is 24.6 Å². The summed E-state index contributed by atoms with van der Waals surface area (Å²) in [4.78, 5) is 36.6. The maximum atomic E-state index is 13.0. The van der Waals surface area contributed by atoms with Crippen LogP contribution in [0.5, 0.6) is 0 Å². The summed E-state index contributed by atoms with van der Waals surface area (Å²) in [5, 5.41) is 20.5. The number of carboxylic acids is 1. The van der Waals surface area contributed by atoms with Gasteiger partial charge in [-0.15, -0.1) is 0 Å². The minimum absolute atomic E-state index is 0.128. The average molecular weight is 402 g/mol. The topological polar surface area (TPSA) is 116 Å². The van der Waals surface area contributed by atoms with Crippen molar-refractivity contribution in [1.29, 1.82) is 0 Å². The van der Waals surface area contributed by atoms with Gasteiger partial charge in [0.2, 0.25) is 0 Å². The SMILES string of the molecule is CN(C)[C@@H]1CC[C@H](C(=O)O)CN(C(=O)c2ccc(-n3cccn3)cc2)C1.O=CO. The van der Waals surface area contributed by atoms with Crippen molar-refractivity contribution in [2.24, 2.45) is 5.92 Å². The van der Waals surface area contributed by atoms with Crippen LogP contribution in [0.2, 0.25) is 0 Å². The number of hydrogen-bond acceptors (Lipinski definition) is 5. The van der Waals surface area contributed by atoms with Crippen LogP contribution in [0.15, 0.2) is 42.7 Å². The van der Waals surface area contributed by atoms with E-state index in [0.29, 0.717) is 18.5 Å². The van der Waals surface area contributed by atoms with Crippen molar-refractivity contribution in [2.75, 3.05) is 27.2 Å². The molecule has 0 aliphatic carbocycles. The zero-order valence-electron chi connectivity index (χ0n) is 16.5. The summed E-state index contributed by atoms with van der Waals surface area (Å²) in [5.41, 5.74) is 1.43. The van der Waals surface area contributed by atoms with Crippen LogP contribution >= 0.6 is 0 Å². The Hall–Kier alpha value is -3.20. The zero-order valence-corrected chi connectivity index (χ0v) is 16.5. The molecule has 9 heteroatoms. The molecule has 1 aromatic carbocycles. The Balaban J connectivity index is 0.000000941. The first kappa shape index (κ1) is 22.1. The molecule has 156 valence electrons. The lowest BCUT2D eigenvalue weighted by Gasteiger charge is -2.29. The van der Waals surface area contributed by atoms with E-state index < -0.39 is 11.9 Å². The first-order valence-electron chi connectivity index (χ1n) is 9.23. The van der Waals surface area contributed by atoms with E-state index in [1.165, 1.54) is 0 Å². The maximum Gasteiger partial charge on any atom is 0.308 e. The van der Waals surface area contributed by atoms with Gasteiger partial charge < -0.3 is 20.0 Å². The van der Waals surface area contributed by atoms with Gasteiger partial charge in [-0.1, -0.05) is 0 Å². The average Bonchev–Trinajstić information content (AvgIpc) is 3.13. The molecular formula is C20H26N4O5. The Bertz CT molecular complexity index is 805. The number of likely N-dealkylation sites (N-methyl/N-ethyl adjacent to an activating group) is 1. The molecule has 2 aromatic rings. The lowest BCUT2D eigenvalue weighted by Crippen LogP contribution is -2.43. The highest BCUT2D eigenvalue weighted by molar-refractivity contribution is 5.94. The molecule has 1 fully saturated rings. The standard InChI is InChI=1S/C19H24N4O3.CH2O2/c1-21(2)17-9-6-15(19(25)26)12-22(13-17)18(24)14-4-7-16(8-5-14)23-11-3-10-20-23;2-1-3/h3-5,7-8,10-11,15,17H,6,9,12-13H2,1-2H3,(H,25,26);1H,(H,2,3)/t15-,17+;/m0./s1. The molecular weight excluding hydrogens is 376 g/mol. The first-order chi connectivity index (χ1) is 13.9. The number of hydrogen-bond donors (Lipinski definition) is 2. The molecule has 1 saturated heterocycles. The van der Waals surface area contributed by atoms with Gasteiger partial charge in [0, 0.05) is 37.1 Å². The molecule has 0 bridgehead atoms. The molecule has 0 saturated carbocycles. The molecule has 2 atom stereocenters. The Morgan fingerprint density at radius 2 is 1.83 bits per heavy atom. The smallest absolute Gasteiger partial charge is 0.308 e. The second-order valence-electron chi connectivity index (χ2n) is 7.04. The van der Waals surface area contributed by atoms with Gasteiger partial charge in [-0.05, 0) is 57.3 Å². The quantitative estimate of drug-likeness (QED) is 0.744. The van der Waals surface area contributed by atoms with Gasteiger partial charge in [-0.3, -0.25) is 14.4 Å². The van der Waals surface area contributed by atoms with Gasteiger partial charge in [0.1, 0.15) is 0 Å². The third-order valence-corrected chi connectivity index (χ3v) is 4.97. The molecule has 3 rings (SSSR count). The van der Waals surface area contributed by atoms with Crippen LogP contribution in [0.25, 0.3) is 5.69 Å². The van der Waals surface area contributed by atoms with Crippen LogP contribution in [0.1, 0.15) is 23.2 Å². The maximum absolute atomic E-state index is 13.0. The van der Waals surface area contributed by atoms with Crippen molar-refractivity contribution in [3.63, 3.8) is 0 Å². The molecule has 9 nitrogen and oxygen atoms in total. The van der Waals surface area contributed by atoms with Crippen molar-refractivity contribution in [3.8, 4) is 5.69 Å². The zero-order chi connectivity index (χ0) is 21.4. The van der Waals surface area contributed by atoms with Gasteiger partial charge in [-0.25, -0.2) is 4.68 Å². The highest BCUT2D eigenvalue weighted by Gasteiger charge is 2.31. The number of nitrogens with zero attached hydrogens (tertiary/aromatic N) is 4. The fourth-order valence-corrected chi connectivity index (χ4v) is 3.32. The van der Waals surface area contributed by atoms with E-state index in [1.54, 1.807) is 27.9 Å². The van der Waals surface area contributed by atoms with E-state index in [2.05, 4.69) is 10.00 Å². The van der Waals surface area contributed by atoms with Crippen molar-refractivity contribution in [1.82, 2.24) is 19.6 Å². The van der Waals surface area contributed by atoms with E-state index in [0.717, 1.165) is 12.1 Å². The van der Waals surface area contributed by atoms with E-state index in [1.807, 2.05) is 38.5 Å². The Morgan fingerprint density at radius 3 is 2.34 bits per heavy atom. The summed E-state index contributed by atoms with van der Waals surface area (Å²) < 4.78 is 1.72. The van der Waals surface area contributed by atoms with E-state index >= 15 is 0 Å². The van der Waals surface area contributed by atoms with Crippen LogP contribution in [-0.4, -0.2) is 81.4 Å². The number of aliphatic carboxylic acids is 1. The minimum Gasteiger partial charge on any atom is -0.483 e. The Morgan fingerprint density at radius 1 is 1.17 bits per heavy atom. The molecule has 0 unspecified atom stereocenters. The highest BCUT2D eigenvalue weighted by Crippen LogP contribution is 2.21. The number of carbonyl (C=O) groups excluding carboxylic acids is 1. The Kier molecular flexibility index (Phi) is 7.90. The van der Waals surface area contributed by atoms with Gasteiger partial charge in [0.25, 0.3) is 12.4 Å². The summed E-state index contributed by atoms with van der Waals surface area (Å²) in [6.45, 7) is 0.538. The summed E-state index contributed by atoms with van der Waals surface area (Å²) in [7, 11) is 3.93. The third-order valence-electron chi connectivity index (χ3n) is 4.97. The molecule has 1 aromatic heterocycles. The predicted molar refractivity (Wildman–Crippen MR) is 106 cm³/mol. The molecule has 29 heavy (non-hydrogen) atoms. The number of amides is 1. The van der Waals surface area contributed by atoms with Gasteiger partial charge in [-0.2, -0.15) is 5.10 Å². The van der Waals surface area contributed by atoms with Gasteiger partial charge >= 0.3 is 5.97 Å². The number of rotatable bonds is 4. The van der Waals surface area contributed by atoms with Gasteiger partial charge in [0.15, 0.2) is 0 Å². The molecule has 2 N–H and O–H groups in total. The summed E-state index contributed by atoms with van der Waals surface area (Å²) in [6, 6.07) is 9.22. The largest absolute Gasteiger partial charge is 0.483 e. The monoisotopic (exact) mass is 402 g/mol. The van der Waals surface area contributed by atoms with Crippen LogP contribution < -0.4 is 0 Å². The summed E-state index contributed by atoms with van der Waals surface area (Å²) in [6.07, 6.45) is 4.89. The van der Waals surface area contributed by atoms with Crippen molar-refractivity contribution in [2.45, 2.75) is 18.9 Å². The number of likely N-dealkylation sites (tertiary alicyclic amines) is 1. The van der Waals surface area contributed by atoms with Crippen molar-refractivity contribution in [3.05, 3.63) is 48.3 Å². The highest BCUT2D eigenvalue weighted by atomic mass is 16.4. The molecule has 2 heterocycles. The van der Waals surface area contributed by atoms with Crippen LogP contribution in [0, 0.1) is 5.92 Å². The molecule has 0 radical (unpaired) electrons. The first-order valence-corrected chi connectivity index (χ1v) is 9.23. The second kappa shape index (κ2) is 10.4. The van der Waals surface area contributed by atoms with E-state index in [9.17, 15) is 14.7 Å². The lowest BCUT2D eigenvalue weighted by atomic mass is 10.0. The van der Waals surface area contributed by atoms with E-state index in [-0.39, 0.29) is 25.0 Å². The number of carbonyl (C=O) groups is 3. The number of carboxylic acid groups (broad SMARTS) is 2. The van der Waals surface area contributed by atoms with E-state index in [4.69, 9.17) is 9.90 Å². The summed E-state index contributed by atoms with van der Waals surface area (Å²) in [5.74, 6) is -1.49. The predicted octanol–water partition coefficient (Wildman–Crippen LogP) is 1.44. The van der Waals surface area contributed by atoms with Gasteiger partial charge in [0.05, 0.1) is 11.6 Å². The molecule has 1 amide bonds. The fraction of sp³-hybridized carbons (Fsp3) is 0.400. The third kappa shape index (κ3) is 5.89. The van der Waals surface area contributed by atoms with Crippen molar-refractivity contribution >= 4 is 18.3 Å². The lowest BCUT2D eigenvalue weighted by molar-refractivity contribution is -0.142. The molecule has 1 aliphatic rings. The number of aromatic nitrogens is 2. The second-order valence-corrected chi connectivity index (χ2v) is 7.04. The van der Waals surface area contributed by atoms with Crippen LogP contribution in [0.4, 0.5) is 0 Å². The Labute approximate surface area is 169 Å². The van der Waals surface area contributed by atoms with Crippen LogP contribution in [-0.2, 0) is 9.59 Å². The minimum atomic E-state index is -0.837. The molecule has 0 spiro atoms.